The maximum absolute atomic E-state index is 15.5. The maximum atomic E-state index is 15.5. The number of pyridine rings is 1. The van der Waals surface area contributed by atoms with E-state index in [-0.39, 0.29) is 16.8 Å². The summed E-state index contributed by atoms with van der Waals surface area (Å²) in [4.78, 5) is 115. The Labute approximate surface area is 338 Å². The molecule has 1 aromatic carbocycles. The first kappa shape index (κ1) is 42.8. The van der Waals surface area contributed by atoms with E-state index in [9.17, 15) is 38.7 Å². The number of carbonyl (C=O) groups excluding carboxylic acids is 8. The van der Waals surface area contributed by atoms with Gasteiger partial charge in [-0.2, -0.15) is 0 Å². The third-order valence-electron chi connectivity index (χ3n) is 11.9. The predicted octanol–water partition coefficient (Wildman–Crippen LogP) is 1.96. The number of esters is 7. The molecule has 6 rings (SSSR count). The molecule has 12 unspecified atom stereocenters. The normalized spacial score (nSPS) is 36.1. The standard InChI is InChI=1S/C41H45NO17/c1-19-20(2)35(48)58-33-30(54-22(4)44)34(56-24(6)46)40(18-52-21(3)43)32(57-36(49)25-13-10-9-11-14-25)29(47)27-31(55-23(5)45)41(40,39(33,8)51)59-38(27,7)17-53-37(50)26-15-12-16-42-28(19)26/h9-16,19-20,27,30-34,51H,17-18H2,1-8H3. The van der Waals surface area contributed by atoms with Gasteiger partial charge in [0.05, 0.1) is 28.7 Å². The summed E-state index contributed by atoms with van der Waals surface area (Å²) in [5.74, 6) is -12.2. The molecule has 4 aliphatic rings. The minimum atomic E-state index is -2.86. The van der Waals surface area contributed by atoms with E-state index in [1.807, 2.05) is 0 Å². The summed E-state index contributed by atoms with van der Waals surface area (Å²) in [6.07, 6.45) is -9.24. The topological polar surface area (TPSA) is 244 Å². The van der Waals surface area contributed by atoms with E-state index in [1.165, 1.54) is 56.4 Å². The molecule has 2 aliphatic carbocycles. The van der Waals surface area contributed by atoms with Gasteiger partial charge < -0.3 is 43.0 Å². The lowest BCUT2D eigenvalue weighted by Crippen LogP contribution is -2.88. The van der Waals surface area contributed by atoms with Crippen molar-refractivity contribution in [1.29, 1.82) is 0 Å². The van der Waals surface area contributed by atoms with Gasteiger partial charge in [-0.3, -0.25) is 33.8 Å². The van der Waals surface area contributed by atoms with Crippen LogP contribution in [0.25, 0.3) is 0 Å². The number of nitrogens with zero attached hydrogens (tertiary/aromatic N) is 1. The Hall–Kier alpha value is -5.75. The lowest BCUT2D eigenvalue weighted by Gasteiger charge is -2.66. The number of fused-ring (bicyclic) bond motifs is 5. The first-order valence-electron chi connectivity index (χ1n) is 18.8. The molecule has 1 N–H and O–H groups in total. The lowest BCUT2D eigenvalue weighted by molar-refractivity contribution is -0.376. The van der Waals surface area contributed by atoms with Crippen LogP contribution in [0.5, 0.6) is 0 Å². The Morgan fingerprint density at radius 2 is 1.44 bits per heavy atom. The molecule has 12 atom stereocenters. The molecule has 0 radical (unpaired) electrons. The lowest BCUT2D eigenvalue weighted by atomic mass is 9.45. The molecule has 1 saturated heterocycles. The molecular weight excluding hydrogens is 778 g/mol. The maximum Gasteiger partial charge on any atom is 0.340 e. The molecule has 0 amide bonds. The Morgan fingerprint density at radius 3 is 2.05 bits per heavy atom. The molecule has 18 nitrogen and oxygen atoms in total. The number of hydrogen-bond acceptors (Lipinski definition) is 18. The van der Waals surface area contributed by atoms with Crippen LogP contribution in [-0.4, -0.2) is 118 Å². The SMILES string of the molecule is CC(=O)OCC12C(OC(=O)c3ccccc3)C(=O)C3C(OC(C)=O)C14OC3(C)COC(=O)c1cccnc1C(C)C(C)C(=O)OC(C(OC(C)=O)C2OC(C)=O)C4(C)O. The highest BCUT2D eigenvalue weighted by atomic mass is 16.7. The zero-order valence-corrected chi connectivity index (χ0v) is 33.6. The zero-order chi connectivity index (χ0) is 43.4. The number of aromatic nitrogens is 1. The second-order valence-electron chi connectivity index (χ2n) is 15.7. The summed E-state index contributed by atoms with van der Waals surface area (Å²) in [7, 11) is 0. The van der Waals surface area contributed by atoms with E-state index in [1.54, 1.807) is 13.0 Å². The van der Waals surface area contributed by atoms with Gasteiger partial charge >= 0.3 is 41.8 Å². The number of ketones is 1. The van der Waals surface area contributed by atoms with Gasteiger partial charge in [0.15, 0.2) is 35.8 Å². The number of carbonyl (C=O) groups is 8. The molecular formula is C41H45NO17. The van der Waals surface area contributed by atoms with E-state index in [4.69, 9.17) is 37.9 Å². The quantitative estimate of drug-likeness (QED) is 0.310. The van der Waals surface area contributed by atoms with Crippen molar-refractivity contribution in [3.63, 3.8) is 0 Å². The summed E-state index contributed by atoms with van der Waals surface area (Å²) in [6.45, 7) is 7.41. The van der Waals surface area contributed by atoms with Crippen LogP contribution in [0.1, 0.15) is 87.7 Å². The van der Waals surface area contributed by atoms with E-state index in [2.05, 4.69) is 4.98 Å². The number of aliphatic hydroxyl groups is 1. The second-order valence-corrected chi connectivity index (χ2v) is 15.7. The van der Waals surface area contributed by atoms with Gasteiger partial charge in [0, 0.05) is 39.8 Å². The molecule has 316 valence electrons. The van der Waals surface area contributed by atoms with Crippen LogP contribution in [0, 0.1) is 17.3 Å². The third kappa shape index (κ3) is 6.80. The van der Waals surface area contributed by atoms with Crippen LogP contribution in [0.2, 0.25) is 0 Å². The first-order valence-corrected chi connectivity index (χ1v) is 18.8. The fraction of sp³-hybridized carbons (Fsp3) is 0.537. The van der Waals surface area contributed by atoms with Gasteiger partial charge in [0.2, 0.25) is 0 Å². The fourth-order valence-electron chi connectivity index (χ4n) is 9.28. The number of Topliss-reactive ketones (excluding diaryl/α,β-unsaturated/α-hetero) is 1. The summed E-state index contributed by atoms with van der Waals surface area (Å²) in [5, 5.41) is 13.4. The van der Waals surface area contributed by atoms with Gasteiger partial charge in [-0.15, -0.1) is 0 Å². The average Bonchev–Trinajstić information content (AvgIpc) is 3.40. The van der Waals surface area contributed by atoms with Crippen molar-refractivity contribution >= 4 is 47.6 Å². The monoisotopic (exact) mass is 823 g/mol. The van der Waals surface area contributed by atoms with Crippen LogP contribution >= 0.6 is 0 Å². The third-order valence-corrected chi connectivity index (χ3v) is 11.9. The van der Waals surface area contributed by atoms with Crippen molar-refractivity contribution in [3.8, 4) is 0 Å². The van der Waals surface area contributed by atoms with Crippen LogP contribution in [0.15, 0.2) is 48.7 Å². The van der Waals surface area contributed by atoms with E-state index in [0.717, 1.165) is 34.6 Å². The predicted molar refractivity (Wildman–Crippen MR) is 195 cm³/mol. The van der Waals surface area contributed by atoms with Crippen LogP contribution < -0.4 is 0 Å². The number of ether oxygens (including phenoxy) is 8. The smallest absolute Gasteiger partial charge is 0.340 e. The molecule has 1 aromatic heterocycles. The van der Waals surface area contributed by atoms with Gasteiger partial charge in [-0.1, -0.05) is 32.0 Å². The Kier molecular flexibility index (Phi) is 11.2. The Bertz CT molecular complexity index is 2090. The molecule has 3 fully saturated rings. The zero-order valence-electron chi connectivity index (χ0n) is 33.6. The molecule has 18 heteroatoms. The summed E-state index contributed by atoms with van der Waals surface area (Å²) >= 11 is 0. The number of cyclic esters (lactones) is 1. The van der Waals surface area contributed by atoms with Gasteiger partial charge in [0.1, 0.15) is 35.9 Å². The summed E-state index contributed by atoms with van der Waals surface area (Å²) in [5.41, 5.74) is -10.5. The molecule has 59 heavy (non-hydrogen) atoms. The van der Waals surface area contributed by atoms with Crippen LogP contribution in [0.3, 0.4) is 0 Å². The number of hydrogen-bond donors (Lipinski definition) is 1. The van der Waals surface area contributed by atoms with Gasteiger partial charge in [-0.25, -0.2) is 9.59 Å². The van der Waals surface area contributed by atoms with E-state index < -0.39 is 131 Å². The highest BCUT2D eigenvalue weighted by Crippen LogP contribution is 2.69. The van der Waals surface area contributed by atoms with Crippen molar-refractivity contribution in [1.82, 2.24) is 4.98 Å². The highest BCUT2D eigenvalue weighted by molar-refractivity contribution is 5.97. The minimum absolute atomic E-state index is 0.0546. The second kappa shape index (κ2) is 15.4. The number of benzene rings is 1. The van der Waals surface area contributed by atoms with Crippen LogP contribution in [0.4, 0.5) is 0 Å². The average molecular weight is 824 g/mol. The van der Waals surface area contributed by atoms with E-state index >= 15 is 4.79 Å². The molecule has 4 bridgehead atoms. The molecule has 2 aromatic rings. The fourth-order valence-corrected chi connectivity index (χ4v) is 9.28. The van der Waals surface area contributed by atoms with Crippen molar-refractivity contribution in [2.45, 2.75) is 109 Å². The largest absolute Gasteiger partial charge is 0.465 e. The van der Waals surface area contributed by atoms with Crippen LogP contribution in [-0.2, 0) is 66.7 Å². The number of rotatable bonds is 7. The Morgan fingerprint density at radius 1 is 0.814 bits per heavy atom. The molecule has 1 spiro atoms. The van der Waals surface area contributed by atoms with Crippen molar-refractivity contribution in [2.75, 3.05) is 13.2 Å². The van der Waals surface area contributed by atoms with Crippen molar-refractivity contribution in [2.24, 2.45) is 17.3 Å². The first-order chi connectivity index (χ1) is 27.6. The van der Waals surface area contributed by atoms with Gasteiger partial charge in [-0.05, 0) is 38.1 Å². The minimum Gasteiger partial charge on any atom is -0.465 e. The van der Waals surface area contributed by atoms with Crippen molar-refractivity contribution < 1.29 is 81.4 Å². The Balaban J connectivity index is 1.76. The summed E-state index contributed by atoms with van der Waals surface area (Å²) in [6, 6.07) is 10.2. The van der Waals surface area contributed by atoms with Crippen molar-refractivity contribution in [3.05, 3.63) is 65.5 Å². The highest BCUT2D eigenvalue weighted by Gasteiger charge is 2.91. The summed E-state index contributed by atoms with van der Waals surface area (Å²) < 4.78 is 48.3. The van der Waals surface area contributed by atoms with Gasteiger partial charge in [0.25, 0.3) is 0 Å². The molecule has 2 aliphatic heterocycles. The molecule has 3 heterocycles. The molecule has 2 saturated carbocycles. The van der Waals surface area contributed by atoms with E-state index in [0.29, 0.717) is 0 Å².